The number of rotatable bonds is 4. The van der Waals surface area contributed by atoms with Gasteiger partial charge in [-0.25, -0.2) is 8.42 Å². The van der Waals surface area contributed by atoms with Gasteiger partial charge < -0.3 is 4.90 Å². The molecular formula is C18H19ClN2O3S. The van der Waals surface area contributed by atoms with E-state index in [0.717, 1.165) is 25.9 Å². The van der Waals surface area contributed by atoms with Crippen LogP contribution >= 0.6 is 11.6 Å². The molecule has 0 aromatic heterocycles. The van der Waals surface area contributed by atoms with Crippen LogP contribution in [0.3, 0.4) is 0 Å². The third-order valence-corrected chi connectivity index (χ3v) is 5.95. The first-order valence-corrected chi connectivity index (χ1v) is 9.91. The van der Waals surface area contributed by atoms with Crippen LogP contribution in [-0.2, 0) is 10.0 Å². The topological polar surface area (TPSA) is 66.5 Å². The maximum atomic E-state index is 12.6. The fraction of sp³-hybridized carbons (Fsp3) is 0.278. The lowest BCUT2D eigenvalue weighted by Gasteiger charge is -2.16. The average Bonchev–Trinajstić information content (AvgIpc) is 3.10. The summed E-state index contributed by atoms with van der Waals surface area (Å²) >= 11 is 5.92. The molecule has 0 atom stereocenters. The van der Waals surface area contributed by atoms with Crippen molar-refractivity contribution in [3.8, 4) is 0 Å². The van der Waals surface area contributed by atoms with Gasteiger partial charge in [-0.2, -0.15) is 0 Å². The number of benzene rings is 2. The first-order valence-electron chi connectivity index (χ1n) is 8.05. The summed E-state index contributed by atoms with van der Waals surface area (Å²) in [5.74, 6) is -0.0718. The van der Waals surface area contributed by atoms with Crippen molar-refractivity contribution < 1.29 is 13.2 Å². The second-order valence-electron chi connectivity index (χ2n) is 6.10. The second-order valence-corrected chi connectivity index (χ2v) is 8.18. The van der Waals surface area contributed by atoms with E-state index < -0.39 is 10.0 Å². The molecule has 1 heterocycles. The van der Waals surface area contributed by atoms with Crippen LogP contribution in [0.5, 0.6) is 0 Å². The molecule has 25 heavy (non-hydrogen) atoms. The molecule has 132 valence electrons. The van der Waals surface area contributed by atoms with Crippen LogP contribution in [0.25, 0.3) is 0 Å². The van der Waals surface area contributed by atoms with Crippen LogP contribution in [0.1, 0.15) is 28.8 Å². The van der Waals surface area contributed by atoms with E-state index in [2.05, 4.69) is 4.72 Å². The Morgan fingerprint density at radius 3 is 2.56 bits per heavy atom. The quantitative estimate of drug-likeness (QED) is 0.882. The number of hydrogen-bond donors (Lipinski definition) is 1. The zero-order valence-electron chi connectivity index (χ0n) is 13.8. The lowest BCUT2D eigenvalue weighted by Crippen LogP contribution is -2.27. The third-order valence-electron chi connectivity index (χ3n) is 4.19. The SMILES string of the molecule is Cc1ccc(Cl)cc1S(=O)(=O)Nc1cccc(C(=O)N2CCCC2)c1. The van der Waals surface area contributed by atoms with Crippen molar-refractivity contribution in [1.82, 2.24) is 4.90 Å². The van der Waals surface area contributed by atoms with E-state index in [0.29, 0.717) is 21.8 Å². The summed E-state index contributed by atoms with van der Waals surface area (Å²) in [4.78, 5) is 14.4. The van der Waals surface area contributed by atoms with E-state index >= 15 is 0 Å². The Morgan fingerprint density at radius 2 is 1.84 bits per heavy atom. The molecule has 2 aromatic carbocycles. The van der Waals surface area contributed by atoms with Crippen LogP contribution in [0, 0.1) is 6.92 Å². The minimum Gasteiger partial charge on any atom is -0.339 e. The predicted molar refractivity (Wildman–Crippen MR) is 98.6 cm³/mol. The molecule has 1 fully saturated rings. The lowest BCUT2D eigenvalue weighted by atomic mass is 10.2. The highest BCUT2D eigenvalue weighted by atomic mass is 35.5. The van der Waals surface area contributed by atoms with Crippen molar-refractivity contribution in [2.75, 3.05) is 17.8 Å². The summed E-state index contributed by atoms with van der Waals surface area (Å²) in [7, 11) is -3.79. The molecule has 1 aliphatic rings. The highest BCUT2D eigenvalue weighted by molar-refractivity contribution is 7.92. The van der Waals surface area contributed by atoms with E-state index in [-0.39, 0.29) is 10.8 Å². The summed E-state index contributed by atoms with van der Waals surface area (Å²) in [6.07, 6.45) is 2.01. The highest BCUT2D eigenvalue weighted by Crippen LogP contribution is 2.24. The highest BCUT2D eigenvalue weighted by Gasteiger charge is 2.21. The summed E-state index contributed by atoms with van der Waals surface area (Å²) in [5.41, 5.74) is 1.43. The summed E-state index contributed by atoms with van der Waals surface area (Å²) in [6.45, 7) is 3.20. The Hall–Kier alpha value is -2.05. The number of amides is 1. The number of aryl methyl sites for hydroxylation is 1. The molecule has 0 bridgehead atoms. The van der Waals surface area contributed by atoms with Crippen LogP contribution < -0.4 is 4.72 Å². The molecule has 1 N–H and O–H groups in total. The normalized spacial score (nSPS) is 14.6. The third kappa shape index (κ3) is 3.96. The molecule has 2 aromatic rings. The Balaban J connectivity index is 1.86. The lowest BCUT2D eigenvalue weighted by molar-refractivity contribution is 0.0793. The Bertz CT molecular complexity index is 906. The number of nitrogens with one attached hydrogen (secondary N) is 1. The Kier molecular flexibility index (Phi) is 5.01. The minimum atomic E-state index is -3.79. The average molecular weight is 379 g/mol. The van der Waals surface area contributed by atoms with Gasteiger partial charge in [0.15, 0.2) is 0 Å². The summed E-state index contributed by atoms with van der Waals surface area (Å²) in [5, 5.41) is 0.351. The van der Waals surface area contributed by atoms with Crippen LogP contribution in [0.2, 0.25) is 5.02 Å². The summed E-state index contributed by atoms with van der Waals surface area (Å²) < 4.78 is 27.8. The predicted octanol–water partition coefficient (Wildman–Crippen LogP) is 3.69. The van der Waals surface area contributed by atoms with Gasteiger partial charge in [0.2, 0.25) is 0 Å². The van der Waals surface area contributed by atoms with Gasteiger partial charge in [0.05, 0.1) is 4.90 Å². The number of hydrogen-bond acceptors (Lipinski definition) is 3. The van der Waals surface area contributed by atoms with Crippen molar-refractivity contribution >= 4 is 33.2 Å². The maximum absolute atomic E-state index is 12.6. The molecule has 3 rings (SSSR count). The smallest absolute Gasteiger partial charge is 0.262 e. The zero-order valence-corrected chi connectivity index (χ0v) is 15.4. The largest absolute Gasteiger partial charge is 0.339 e. The van der Waals surface area contributed by atoms with Gasteiger partial charge in [0.25, 0.3) is 15.9 Å². The first-order chi connectivity index (χ1) is 11.9. The Morgan fingerprint density at radius 1 is 1.12 bits per heavy atom. The van der Waals surface area contributed by atoms with Gasteiger partial charge in [-0.15, -0.1) is 0 Å². The maximum Gasteiger partial charge on any atom is 0.262 e. The van der Waals surface area contributed by atoms with Crippen LogP contribution in [0.4, 0.5) is 5.69 Å². The van der Waals surface area contributed by atoms with Gasteiger partial charge in [0.1, 0.15) is 0 Å². The monoisotopic (exact) mass is 378 g/mol. The molecule has 1 amide bonds. The van der Waals surface area contributed by atoms with Crippen molar-refractivity contribution in [3.63, 3.8) is 0 Å². The molecule has 1 aliphatic heterocycles. The summed E-state index contributed by atoms with van der Waals surface area (Å²) in [6, 6.07) is 11.3. The zero-order chi connectivity index (χ0) is 18.0. The van der Waals surface area contributed by atoms with Crippen molar-refractivity contribution in [3.05, 3.63) is 58.6 Å². The standard InChI is InChI=1S/C18H19ClN2O3S/c1-13-7-8-15(19)12-17(13)25(23,24)20-16-6-4-5-14(11-16)18(22)21-9-2-3-10-21/h4-8,11-12,20H,2-3,9-10H2,1H3. The number of sulfonamides is 1. The number of likely N-dealkylation sites (tertiary alicyclic amines) is 1. The van der Waals surface area contributed by atoms with Gasteiger partial charge in [-0.05, 0) is 55.7 Å². The molecule has 0 unspecified atom stereocenters. The van der Waals surface area contributed by atoms with E-state index in [9.17, 15) is 13.2 Å². The van der Waals surface area contributed by atoms with Crippen molar-refractivity contribution in [2.45, 2.75) is 24.7 Å². The van der Waals surface area contributed by atoms with E-state index in [1.807, 2.05) is 0 Å². The minimum absolute atomic E-state index is 0.0718. The molecule has 0 saturated carbocycles. The molecule has 1 saturated heterocycles. The van der Waals surface area contributed by atoms with Gasteiger partial charge in [0, 0.05) is 29.4 Å². The van der Waals surface area contributed by atoms with Gasteiger partial charge >= 0.3 is 0 Å². The fourth-order valence-corrected chi connectivity index (χ4v) is 4.45. The van der Waals surface area contributed by atoms with Crippen LogP contribution in [-0.4, -0.2) is 32.3 Å². The van der Waals surface area contributed by atoms with Crippen LogP contribution in [0.15, 0.2) is 47.4 Å². The van der Waals surface area contributed by atoms with Gasteiger partial charge in [-0.1, -0.05) is 23.7 Å². The number of carbonyl (C=O) groups is 1. The number of anilines is 1. The van der Waals surface area contributed by atoms with E-state index in [1.165, 1.54) is 6.07 Å². The van der Waals surface area contributed by atoms with Crippen molar-refractivity contribution in [1.29, 1.82) is 0 Å². The molecule has 0 aliphatic carbocycles. The molecule has 0 spiro atoms. The molecule has 5 nitrogen and oxygen atoms in total. The second kappa shape index (κ2) is 7.06. The fourth-order valence-electron chi connectivity index (χ4n) is 2.89. The van der Waals surface area contributed by atoms with Crippen molar-refractivity contribution in [2.24, 2.45) is 0 Å². The number of carbonyl (C=O) groups excluding carboxylic acids is 1. The Labute approximate surface area is 152 Å². The van der Waals surface area contributed by atoms with E-state index in [4.69, 9.17) is 11.6 Å². The molecule has 0 radical (unpaired) electrons. The molecular weight excluding hydrogens is 360 g/mol. The number of halogens is 1. The van der Waals surface area contributed by atoms with E-state index in [1.54, 1.807) is 48.2 Å². The number of nitrogens with zero attached hydrogens (tertiary/aromatic N) is 1. The molecule has 7 heteroatoms. The first kappa shape index (κ1) is 17.8. The van der Waals surface area contributed by atoms with Gasteiger partial charge in [-0.3, -0.25) is 9.52 Å².